The van der Waals surface area contributed by atoms with Gasteiger partial charge in [-0.3, -0.25) is 4.79 Å². The Hall–Kier alpha value is -2.47. The SMILES string of the molecule is Cc1ccc(N2CC3CN(C(=O)C4(c5ccccc5)CCOCC4)CC3C2)nn1. The molecule has 1 amide bonds. The molecule has 0 N–H and O–H groups in total. The second kappa shape index (κ2) is 7.41. The zero-order chi connectivity index (χ0) is 19.8. The Morgan fingerprint density at radius 2 is 1.66 bits per heavy atom. The quantitative estimate of drug-likeness (QED) is 0.803. The van der Waals surface area contributed by atoms with E-state index in [1.54, 1.807) is 0 Å². The van der Waals surface area contributed by atoms with Gasteiger partial charge in [0.2, 0.25) is 5.91 Å². The highest BCUT2D eigenvalue weighted by Crippen LogP contribution is 2.40. The molecule has 2 unspecified atom stereocenters. The van der Waals surface area contributed by atoms with Crippen molar-refractivity contribution >= 4 is 11.7 Å². The topological polar surface area (TPSA) is 58.6 Å². The number of carbonyl (C=O) groups is 1. The van der Waals surface area contributed by atoms with Crippen LogP contribution in [0, 0.1) is 18.8 Å². The van der Waals surface area contributed by atoms with Crippen molar-refractivity contribution < 1.29 is 9.53 Å². The molecule has 6 heteroatoms. The van der Waals surface area contributed by atoms with Gasteiger partial charge in [0.15, 0.2) is 5.82 Å². The Balaban J connectivity index is 1.31. The third-order valence-corrected chi connectivity index (χ3v) is 6.96. The Morgan fingerprint density at radius 3 is 2.28 bits per heavy atom. The van der Waals surface area contributed by atoms with E-state index in [0.717, 1.165) is 56.1 Å². The summed E-state index contributed by atoms with van der Waals surface area (Å²) in [6, 6.07) is 14.4. The fraction of sp³-hybridized carbons (Fsp3) is 0.522. The van der Waals surface area contributed by atoms with Gasteiger partial charge in [-0.15, -0.1) is 5.10 Å². The third-order valence-electron chi connectivity index (χ3n) is 6.96. The van der Waals surface area contributed by atoms with Crippen LogP contribution in [0.3, 0.4) is 0 Å². The van der Waals surface area contributed by atoms with Crippen LogP contribution < -0.4 is 4.90 Å². The van der Waals surface area contributed by atoms with Gasteiger partial charge in [-0.05, 0) is 37.5 Å². The number of hydrogen-bond acceptors (Lipinski definition) is 5. The maximum Gasteiger partial charge on any atom is 0.233 e. The number of fused-ring (bicyclic) bond motifs is 1. The molecule has 4 heterocycles. The van der Waals surface area contributed by atoms with Crippen molar-refractivity contribution in [1.82, 2.24) is 15.1 Å². The molecule has 3 aliphatic rings. The van der Waals surface area contributed by atoms with Crippen LogP contribution >= 0.6 is 0 Å². The molecule has 2 atom stereocenters. The van der Waals surface area contributed by atoms with Gasteiger partial charge in [-0.2, -0.15) is 5.10 Å². The van der Waals surface area contributed by atoms with Gasteiger partial charge in [0.05, 0.1) is 11.1 Å². The van der Waals surface area contributed by atoms with Crippen molar-refractivity contribution in [3.05, 3.63) is 53.7 Å². The van der Waals surface area contributed by atoms with Gasteiger partial charge < -0.3 is 14.5 Å². The molecule has 29 heavy (non-hydrogen) atoms. The van der Waals surface area contributed by atoms with E-state index in [0.29, 0.717) is 31.0 Å². The fourth-order valence-electron chi connectivity index (χ4n) is 5.31. The van der Waals surface area contributed by atoms with Gasteiger partial charge in [0.25, 0.3) is 0 Å². The Kier molecular flexibility index (Phi) is 4.74. The molecular formula is C23H28N4O2. The summed E-state index contributed by atoms with van der Waals surface area (Å²) in [6.07, 6.45) is 1.54. The first-order valence-electron chi connectivity index (χ1n) is 10.6. The van der Waals surface area contributed by atoms with E-state index in [1.807, 2.05) is 31.2 Å². The first-order valence-corrected chi connectivity index (χ1v) is 10.6. The maximum absolute atomic E-state index is 13.8. The van der Waals surface area contributed by atoms with E-state index < -0.39 is 5.41 Å². The lowest BCUT2D eigenvalue weighted by molar-refractivity contribution is -0.140. The summed E-state index contributed by atoms with van der Waals surface area (Å²) in [5, 5.41) is 8.54. The number of hydrogen-bond donors (Lipinski definition) is 0. The molecule has 152 valence electrons. The molecule has 1 aromatic heterocycles. The zero-order valence-corrected chi connectivity index (χ0v) is 17.0. The summed E-state index contributed by atoms with van der Waals surface area (Å²) in [7, 11) is 0. The molecular weight excluding hydrogens is 364 g/mol. The van der Waals surface area contributed by atoms with Crippen molar-refractivity contribution in [2.24, 2.45) is 11.8 Å². The van der Waals surface area contributed by atoms with Crippen molar-refractivity contribution in [1.29, 1.82) is 0 Å². The highest BCUT2D eigenvalue weighted by atomic mass is 16.5. The monoisotopic (exact) mass is 392 g/mol. The van der Waals surface area contributed by atoms with Crippen LogP contribution in [0.4, 0.5) is 5.82 Å². The average molecular weight is 393 g/mol. The smallest absolute Gasteiger partial charge is 0.233 e. The summed E-state index contributed by atoms with van der Waals surface area (Å²) in [4.78, 5) is 18.2. The molecule has 0 bridgehead atoms. The van der Waals surface area contributed by atoms with Crippen LogP contribution in [0.2, 0.25) is 0 Å². The molecule has 5 rings (SSSR count). The highest BCUT2D eigenvalue weighted by molar-refractivity contribution is 5.88. The van der Waals surface area contributed by atoms with Gasteiger partial charge in [0, 0.05) is 51.2 Å². The highest BCUT2D eigenvalue weighted by Gasteiger charge is 2.49. The summed E-state index contributed by atoms with van der Waals surface area (Å²) in [5.41, 5.74) is 1.65. The van der Waals surface area contributed by atoms with E-state index in [1.165, 1.54) is 0 Å². The predicted octanol–water partition coefficient (Wildman–Crippen LogP) is 2.43. The Bertz CT molecular complexity index is 850. The number of likely N-dealkylation sites (tertiary alicyclic amines) is 1. The third kappa shape index (κ3) is 3.29. The molecule has 3 aliphatic heterocycles. The fourth-order valence-corrected chi connectivity index (χ4v) is 5.31. The normalized spacial score (nSPS) is 25.8. The maximum atomic E-state index is 13.8. The van der Waals surface area contributed by atoms with E-state index in [9.17, 15) is 4.79 Å². The number of benzene rings is 1. The molecule has 0 saturated carbocycles. The number of carbonyl (C=O) groups excluding carboxylic acids is 1. The number of ether oxygens (including phenoxy) is 1. The number of nitrogens with zero attached hydrogens (tertiary/aromatic N) is 4. The Labute approximate surface area is 171 Å². The summed E-state index contributed by atoms with van der Waals surface area (Å²) < 4.78 is 5.61. The van der Waals surface area contributed by atoms with Crippen LogP contribution in [0.5, 0.6) is 0 Å². The summed E-state index contributed by atoms with van der Waals surface area (Å²) in [6.45, 7) is 6.85. The molecule has 0 radical (unpaired) electrons. The Morgan fingerprint density at radius 1 is 0.966 bits per heavy atom. The first-order chi connectivity index (χ1) is 14.2. The second-order valence-electron chi connectivity index (χ2n) is 8.73. The summed E-state index contributed by atoms with van der Waals surface area (Å²) >= 11 is 0. The van der Waals surface area contributed by atoms with E-state index in [4.69, 9.17) is 4.74 Å². The minimum Gasteiger partial charge on any atom is -0.381 e. The van der Waals surface area contributed by atoms with Crippen LogP contribution in [0.15, 0.2) is 42.5 Å². The number of anilines is 1. The second-order valence-corrected chi connectivity index (χ2v) is 8.73. The number of rotatable bonds is 3. The van der Waals surface area contributed by atoms with Crippen molar-refractivity contribution in [2.75, 3.05) is 44.3 Å². The van der Waals surface area contributed by atoms with Gasteiger partial charge in [-0.1, -0.05) is 30.3 Å². The van der Waals surface area contributed by atoms with E-state index in [2.05, 4.69) is 38.2 Å². The van der Waals surface area contributed by atoms with E-state index in [-0.39, 0.29) is 0 Å². The lowest BCUT2D eigenvalue weighted by Gasteiger charge is -2.39. The molecule has 6 nitrogen and oxygen atoms in total. The molecule has 2 aromatic rings. The predicted molar refractivity (Wildman–Crippen MR) is 111 cm³/mol. The molecule has 1 aromatic carbocycles. The minimum atomic E-state index is -0.430. The molecule has 3 fully saturated rings. The minimum absolute atomic E-state index is 0.295. The van der Waals surface area contributed by atoms with Crippen molar-refractivity contribution in [2.45, 2.75) is 25.2 Å². The summed E-state index contributed by atoms with van der Waals surface area (Å²) in [5.74, 6) is 2.26. The number of aromatic nitrogens is 2. The van der Waals surface area contributed by atoms with Crippen LogP contribution in [0.25, 0.3) is 0 Å². The van der Waals surface area contributed by atoms with Crippen LogP contribution in [0.1, 0.15) is 24.1 Å². The largest absolute Gasteiger partial charge is 0.381 e. The lowest BCUT2D eigenvalue weighted by Crippen LogP contribution is -2.50. The van der Waals surface area contributed by atoms with Crippen molar-refractivity contribution in [3.63, 3.8) is 0 Å². The van der Waals surface area contributed by atoms with Crippen molar-refractivity contribution in [3.8, 4) is 0 Å². The van der Waals surface area contributed by atoms with Crippen LogP contribution in [-0.2, 0) is 14.9 Å². The number of amides is 1. The van der Waals surface area contributed by atoms with Gasteiger partial charge in [-0.25, -0.2) is 0 Å². The van der Waals surface area contributed by atoms with E-state index >= 15 is 0 Å². The zero-order valence-electron chi connectivity index (χ0n) is 17.0. The van der Waals surface area contributed by atoms with Crippen LogP contribution in [-0.4, -0.2) is 60.4 Å². The lowest BCUT2D eigenvalue weighted by atomic mass is 9.73. The first kappa shape index (κ1) is 18.6. The van der Waals surface area contributed by atoms with Gasteiger partial charge in [0.1, 0.15) is 0 Å². The average Bonchev–Trinajstić information content (AvgIpc) is 3.34. The molecule has 3 saturated heterocycles. The van der Waals surface area contributed by atoms with Gasteiger partial charge >= 0.3 is 0 Å². The standard InChI is InChI=1S/C23H28N4O2/c1-17-7-8-21(25-24-17)26-13-18-15-27(16-19(18)14-26)22(28)23(9-11-29-12-10-23)20-5-3-2-4-6-20/h2-8,18-19H,9-16H2,1H3. The molecule has 0 aliphatic carbocycles. The molecule has 0 spiro atoms. The number of aryl methyl sites for hydroxylation is 1.